The van der Waals surface area contributed by atoms with Gasteiger partial charge in [0.05, 0.1) is 0 Å². The van der Waals surface area contributed by atoms with Crippen LogP contribution in [0.4, 0.5) is 5.69 Å². The van der Waals surface area contributed by atoms with Crippen molar-refractivity contribution >= 4 is 28.9 Å². The van der Waals surface area contributed by atoms with E-state index in [4.69, 9.17) is 23.2 Å². The van der Waals surface area contributed by atoms with Gasteiger partial charge in [-0.25, -0.2) is 5.01 Å². The summed E-state index contributed by atoms with van der Waals surface area (Å²) in [5.41, 5.74) is 3.44. The van der Waals surface area contributed by atoms with Crippen LogP contribution in [0.5, 0.6) is 0 Å². The maximum Gasteiger partial charge on any atom is 0.147 e. The van der Waals surface area contributed by atoms with Gasteiger partial charge in [-0.15, -0.1) is 0 Å². The second kappa shape index (κ2) is 7.72. The number of likely N-dealkylation sites (N-methyl/N-ethyl adjacent to an activating group) is 1. The van der Waals surface area contributed by atoms with Gasteiger partial charge < -0.3 is 9.80 Å². The highest BCUT2D eigenvalue weighted by atomic mass is 35.5. The number of aryl methyl sites for hydroxylation is 1. The molecule has 2 aromatic rings. The second-order valence-electron chi connectivity index (χ2n) is 7.22. The molecule has 0 radical (unpaired) electrons. The SMILES string of the molecule is Cc1ccc(N2C=CN(N3CCN(C)CC3)C2c2ccc(Cl)cc2Cl)cc1. The van der Waals surface area contributed by atoms with Crippen LogP contribution in [0.15, 0.2) is 54.9 Å². The van der Waals surface area contributed by atoms with E-state index in [0.717, 1.165) is 37.4 Å². The van der Waals surface area contributed by atoms with Crippen molar-refractivity contribution in [1.29, 1.82) is 0 Å². The molecule has 0 aliphatic carbocycles. The molecule has 142 valence electrons. The molecule has 0 N–H and O–H groups in total. The highest BCUT2D eigenvalue weighted by Gasteiger charge is 2.35. The van der Waals surface area contributed by atoms with Gasteiger partial charge in [-0.05, 0) is 38.2 Å². The van der Waals surface area contributed by atoms with Gasteiger partial charge in [0.2, 0.25) is 0 Å². The Hall–Kier alpha value is -1.72. The van der Waals surface area contributed by atoms with Crippen molar-refractivity contribution in [2.75, 3.05) is 38.1 Å². The Morgan fingerprint density at radius 2 is 1.59 bits per heavy atom. The van der Waals surface area contributed by atoms with Gasteiger partial charge in [-0.2, -0.15) is 0 Å². The summed E-state index contributed by atoms with van der Waals surface area (Å²) in [5, 5.41) is 6.05. The minimum absolute atomic E-state index is 0.0270. The number of rotatable bonds is 3. The number of nitrogens with zero attached hydrogens (tertiary/aromatic N) is 4. The zero-order valence-electron chi connectivity index (χ0n) is 15.6. The van der Waals surface area contributed by atoms with Crippen LogP contribution in [-0.4, -0.2) is 48.1 Å². The molecule has 0 aromatic heterocycles. The summed E-state index contributed by atoms with van der Waals surface area (Å²) in [4.78, 5) is 4.63. The molecule has 27 heavy (non-hydrogen) atoms. The van der Waals surface area contributed by atoms with Crippen LogP contribution in [0.2, 0.25) is 10.0 Å². The molecular weight excluding hydrogens is 379 g/mol. The summed E-state index contributed by atoms with van der Waals surface area (Å²) in [6.45, 7) is 6.19. The third-order valence-electron chi connectivity index (χ3n) is 5.27. The molecule has 1 unspecified atom stereocenters. The van der Waals surface area contributed by atoms with Crippen LogP contribution in [0, 0.1) is 6.92 Å². The van der Waals surface area contributed by atoms with E-state index in [1.54, 1.807) is 0 Å². The normalized spacial score (nSPS) is 21.3. The van der Waals surface area contributed by atoms with E-state index in [-0.39, 0.29) is 6.17 Å². The zero-order valence-corrected chi connectivity index (χ0v) is 17.2. The smallest absolute Gasteiger partial charge is 0.147 e. The van der Waals surface area contributed by atoms with Crippen molar-refractivity contribution in [3.05, 3.63) is 76.0 Å². The van der Waals surface area contributed by atoms with Crippen LogP contribution < -0.4 is 4.90 Å². The maximum atomic E-state index is 6.62. The predicted octanol–water partition coefficient (Wildman–Crippen LogP) is 4.76. The number of hydrogen-bond donors (Lipinski definition) is 0. The molecular formula is C21H24Cl2N4. The monoisotopic (exact) mass is 402 g/mol. The molecule has 2 aliphatic heterocycles. The third kappa shape index (κ3) is 3.81. The molecule has 1 fully saturated rings. The van der Waals surface area contributed by atoms with E-state index in [2.05, 4.69) is 70.5 Å². The molecule has 2 aliphatic rings. The summed E-state index contributed by atoms with van der Waals surface area (Å²) in [6, 6.07) is 14.4. The average Bonchev–Trinajstić information content (AvgIpc) is 3.08. The third-order valence-corrected chi connectivity index (χ3v) is 5.84. The van der Waals surface area contributed by atoms with E-state index in [0.29, 0.717) is 10.0 Å². The number of anilines is 1. The fraction of sp³-hybridized carbons (Fsp3) is 0.333. The molecule has 4 nitrogen and oxygen atoms in total. The molecule has 2 heterocycles. The average molecular weight is 403 g/mol. The van der Waals surface area contributed by atoms with Crippen molar-refractivity contribution in [2.24, 2.45) is 0 Å². The van der Waals surface area contributed by atoms with Crippen molar-refractivity contribution in [1.82, 2.24) is 14.9 Å². The van der Waals surface area contributed by atoms with Crippen molar-refractivity contribution in [2.45, 2.75) is 13.1 Å². The Morgan fingerprint density at radius 3 is 2.26 bits per heavy atom. The fourth-order valence-electron chi connectivity index (χ4n) is 3.65. The lowest BCUT2D eigenvalue weighted by atomic mass is 10.1. The van der Waals surface area contributed by atoms with Crippen LogP contribution in [0.1, 0.15) is 17.3 Å². The lowest BCUT2D eigenvalue weighted by Gasteiger charge is -2.43. The van der Waals surface area contributed by atoms with Crippen molar-refractivity contribution in [3.63, 3.8) is 0 Å². The van der Waals surface area contributed by atoms with Gasteiger partial charge in [0, 0.05) is 59.9 Å². The number of benzene rings is 2. The standard InChI is InChI=1S/C21H24Cl2N4/c1-16-3-6-18(7-4-16)26-13-14-27(25-11-9-24(2)10-12-25)21(26)19-8-5-17(22)15-20(19)23/h3-8,13-15,21H,9-12H2,1-2H3. The summed E-state index contributed by atoms with van der Waals surface area (Å²) < 4.78 is 0. The van der Waals surface area contributed by atoms with Crippen LogP contribution >= 0.6 is 23.2 Å². The Bertz CT molecular complexity index is 829. The first-order valence-electron chi connectivity index (χ1n) is 9.23. The van der Waals surface area contributed by atoms with E-state index in [9.17, 15) is 0 Å². The maximum absolute atomic E-state index is 6.62. The molecule has 0 bridgehead atoms. The van der Waals surface area contributed by atoms with Crippen molar-refractivity contribution < 1.29 is 0 Å². The van der Waals surface area contributed by atoms with E-state index >= 15 is 0 Å². The highest BCUT2D eigenvalue weighted by molar-refractivity contribution is 6.35. The zero-order chi connectivity index (χ0) is 19.0. The Morgan fingerprint density at radius 1 is 0.889 bits per heavy atom. The van der Waals surface area contributed by atoms with Crippen LogP contribution in [0.3, 0.4) is 0 Å². The minimum Gasteiger partial charge on any atom is -0.320 e. The minimum atomic E-state index is -0.0270. The Labute approximate surface area is 171 Å². The lowest BCUT2D eigenvalue weighted by molar-refractivity contribution is -0.0374. The summed E-state index contributed by atoms with van der Waals surface area (Å²) in [5.74, 6) is 0. The first-order chi connectivity index (χ1) is 13.0. The quantitative estimate of drug-likeness (QED) is 0.733. The topological polar surface area (TPSA) is 13.0 Å². The first-order valence-corrected chi connectivity index (χ1v) is 9.98. The molecule has 0 saturated carbocycles. The summed E-state index contributed by atoms with van der Waals surface area (Å²) >= 11 is 12.8. The number of hydrazine groups is 1. The van der Waals surface area contributed by atoms with E-state index in [1.165, 1.54) is 5.56 Å². The van der Waals surface area contributed by atoms with Gasteiger partial charge in [0.15, 0.2) is 0 Å². The summed E-state index contributed by atoms with van der Waals surface area (Å²) in [6.07, 6.45) is 4.26. The van der Waals surface area contributed by atoms with Gasteiger partial charge in [-0.3, -0.25) is 5.01 Å². The highest BCUT2D eigenvalue weighted by Crippen LogP contribution is 2.40. The molecule has 1 atom stereocenters. The van der Waals surface area contributed by atoms with Gasteiger partial charge in [-0.1, -0.05) is 47.0 Å². The van der Waals surface area contributed by atoms with Gasteiger partial charge in [0.1, 0.15) is 6.17 Å². The Balaban J connectivity index is 1.71. The predicted molar refractivity (Wildman–Crippen MR) is 113 cm³/mol. The largest absolute Gasteiger partial charge is 0.320 e. The van der Waals surface area contributed by atoms with Crippen molar-refractivity contribution in [3.8, 4) is 0 Å². The number of hydrogen-bond acceptors (Lipinski definition) is 4. The van der Waals surface area contributed by atoms with E-state index < -0.39 is 0 Å². The molecule has 0 amide bonds. The molecule has 6 heteroatoms. The number of piperazine rings is 1. The van der Waals surface area contributed by atoms with Gasteiger partial charge in [0.25, 0.3) is 0 Å². The van der Waals surface area contributed by atoms with Gasteiger partial charge >= 0.3 is 0 Å². The molecule has 4 rings (SSSR count). The Kier molecular flexibility index (Phi) is 5.33. The van der Waals surface area contributed by atoms with E-state index in [1.807, 2.05) is 18.2 Å². The molecule has 2 aromatic carbocycles. The lowest BCUT2D eigenvalue weighted by Crippen LogP contribution is -2.52. The fourth-order valence-corrected chi connectivity index (χ4v) is 4.16. The first kappa shape index (κ1) is 18.6. The second-order valence-corrected chi connectivity index (χ2v) is 8.06. The molecule has 0 spiro atoms. The number of halogens is 2. The van der Waals surface area contributed by atoms with Crippen LogP contribution in [0.25, 0.3) is 0 Å². The van der Waals surface area contributed by atoms with Crippen LogP contribution in [-0.2, 0) is 0 Å². The summed E-state index contributed by atoms with van der Waals surface area (Å²) in [7, 11) is 2.17. The molecule has 1 saturated heterocycles.